The van der Waals surface area contributed by atoms with Crippen LogP contribution >= 0.6 is 35.0 Å². The number of fused-ring (bicyclic) bond motifs is 1. The van der Waals surface area contributed by atoms with Gasteiger partial charge in [-0.1, -0.05) is 41.0 Å². The van der Waals surface area contributed by atoms with E-state index in [0.717, 1.165) is 10.6 Å². The maximum Gasteiger partial charge on any atom is 0.292 e. The average Bonchev–Trinajstić information content (AvgIpc) is 2.76. The van der Waals surface area contributed by atoms with Crippen molar-refractivity contribution in [2.24, 2.45) is 7.05 Å². The fourth-order valence-electron chi connectivity index (χ4n) is 1.90. The lowest BCUT2D eigenvalue weighted by atomic mass is 10.2. The number of rotatable bonds is 3. The second-order valence-electron chi connectivity index (χ2n) is 4.42. The zero-order chi connectivity index (χ0) is 15.0. The number of hydrogen-bond acceptors (Lipinski definition) is 4. The Morgan fingerprint density at radius 3 is 2.86 bits per heavy atom. The molecule has 0 aliphatic rings. The summed E-state index contributed by atoms with van der Waals surface area (Å²) in [5.74, 6) is 0.667. The van der Waals surface area contributed by atoms with Crippen LogP contribution in [0.4, 0.5) is 0 Å². The molecule has 0 unspecified atom stereocenters. The van der Waals surface area contributed by atoms with E-state index in [9.17, 15) is 4.79 Å². The summed E-state index contributed by atoms with van der Waals surface area (Å²) in [4.78, 5) is 20.1. The molecule has 0 amide bonds. The van der Waals surface area contributed by atoms with Crippen molar-refractivity contribution in [3.63, 3.8) is 0 Å². The molecule has 0 saturated carbocycles. The number of nitrogens with zero attached hydrogens (tertiary/aromatic N) is 3. The van der Waals surface area contributed by atoms with Crippen LogP contribution in [-0.4, -0.2) is 19.7 Å². The minimum atomic E-state index is -0.163. The molecular weight excluding hydrogens is 331 g/mol. The standard InChI is InChI=1S/C13H10Cl2N4OS/c1-19-13(20)11-10(18-19)12(17-6-16-11)21-5-7-2-3-8(14)9(15)4-7/h2-4,6,18H,5H2,1H3. The van der Waals surface area contributed by atoms with Gasteiger partial charge in [-0.05, 0) is 17.7 Å². The lowest BCUT2D eigenvalue weighted by Gasteiger charge is -2.03. The summed E-state index contributed by atoms with van der Waals surface area (Å²) < 4.78 is 1.39. The quantitative estimate of drug-likeness (QED) is 0.587. The lowest BCUT2D eigenvalue weighted by Crippen LogP contribution is -2.11. The number of aromatic amines is 1. The van der Waals surface area contributed by atoms with Gasteiger partial charge in [0.05, 0.1) is 10.0 Å². The van der Waals surface area contributed by atoms with E-state index in [2.05, 4.69) is 15.1 Å². The number of aromatic nitrogens is 4. The van der Waals surface area contributed by atoms with E-state index in [0.29, 0.717) is 26.8 Å². The van der Waals surface area contributed by atoms with Crippen LogP contribution in [0.5, 0.6) is 0 Å². The summed E-state index contributed by atoms with van der Waals surface area (Å²) in [5.41, 5.74) is 1.91. The number of halogens is 2. The van der Waals surface area contributed by atoms with Gasteiger partial charge in [-0.25, -0.2) is 9.97 Å². The maximum absolute atomic E-state index is 11.8. The molecule has 0 saturated heterocycles. The molecule has 0 radical (unpaired) electrons. The first-order valence-electron chi connectivity index (χ1n) is 6.02. The van der Waals surface area contributed by atoms with Gasteiger partial charge in [0.25, 0.3) is 5.56 Å². The Bertz CT molecular complexity index is 874. The summed E-state index contributed by atoms with van der Waals surface area (Å²) in [6.07, 6.45) is 1.40. The van der Waals surface area contributed by atoms with Crippen molar-refractivity contribution in [3.05, 3.63) is 50.5 Å². The Balaban J connectivity index is 1.90. The Kier molecular flexibility index (Phi) is 3.93. The van der Waals surface area contributed by atoms with Crippen LogP contribution in [0.25, 0.3) is 11.0 Å². The van der Waals surface area contributed by atoms with Crippen molar-refractivity contribution in [2.45, 2.75) is 10.8 Å². The van der Waals surface area contributed by atoms with Crippen molar-refractivity contribution in [1.82, 2.24) is 19.7 Å². The van der Waals surface area contributed by atoms with Crippen LogP contribution in [0, 0.1) is 0 Å². The van der Waals surface area contributed by atoms with E-state index in [-0.39, 0.29) is 5.56 Å². The van der Waals surface area contributed by atoms with Crippen molar-refractivity contribution < 1.29 is 0 Å². The van der Waals surface area contributed by atoms with Crippen LogP contribution in [0.15, 0.2) is 34.3 Å². The second-order valence-corrected chi connectivity index (χ2v) is 6.19. The molecule has 3 aromatic rings. The summed E-state index contributed by atoms with van der Waals surface area (Å²) in [6, 6.07) is 5.50. The molecule has 108 valence electrons. The van der Waals surface area contributed by atoms with E-state index in [1.165, 1.54) is 22.8 Å². The van der Waals surface area contributed by atoms with Crippen LogP contribution in [-0.2, 0) is 12.8 Å². The number of hydrogen-bond donors (Lipinski definition) is 1. The first-order valence-corrected chi connectivity index (χ1v) is 7.77. The monoisotopic (exact) mass is 340 g/mol. The third-order valence-corrected chi connectivity index (χ3v) is 4.76. The number of nitrogens with one attached hydrogen (secondary N) is 1. The van der Waals surface area contributed by atoms with Crippen molar-refractivity contribution in [3.8, 4) is 0 Å². The van der Waals surface area contributed by atoms with Gasteiger partial charge < -0.3 is 0 Å². The van der Waals surface area contributed by atoms with Gasteiger partial charge in [0.15, 0.2) is 5.52 Å². The van der Waals surface area contributed by atoms with Crippen LogP contribution in [0.2, 0.25) is 10.0 Å². The average molecular weight is 341 g/mol. The Morgan fingerprint density at radius 2 is 2.10 bits per heavy atom. The third kappa shape index (κ3) is 2.79. The molecule has 0 aliphatic heterocycles. The van der Waals surface area contributed by atoms with Gasteiger partial charge in [0, 0.05) is 12.8 Å². The minimum absolute atomic E-state index is 0.163. The van der Waals surface area contributed by atoms with Crippen LogP contribution in [0.1, 0.15) is 5.56 Å². The molecule has 0 bridgehead atoms. The predicted octanol–water partition coefficient (Wildman–Crippen LogP) is 3.26. The Hall–Kier alpha value is -1.50. The van der Waals surface area contributed by atoms with E-state index in [1.54, 1.807) is 13.1 Å². The van der Waals surface area contributed by atoms with E-state index in [4.69, 9.17) is 23.2 Å². The topological polar surface area (TPSA) is 63.6 Å². The number of H-pyrrole nitrogens is 1. The van der Waals surface area contributed by atoms with Gasteiger partial charge >= 0.3 is 0 Å². The van der Waals surface area contributed by atoms with Gasteiger partial charge in [-0.15, -0.1) is 0 Å². The van der Waals surface area contributed by atoms with Gasteiger partial charge in [-0.2, -0.15) is 0 Å². The van der Waals surface area contributed by atoms with Gasteiger partial charge in [0.1, 0.15) is 16.9 Å². The highest BCUT2D eigenvalue weighted by molar-refractivity contribution is 7.98. The highest BCUT2D eigenvalue weighted by Crippen LogP contribution is 2.28. The highest BCUT2D eigenvalue weighted by Gasteiger charge is 2.11. The molecule has 0 aliphatic carbocycles. The zero-order valence-electron chi connectivity index (χ0n) is 10.9. The largest absolute Gasteiger partial charge is 0.292 e. The number of benzene rings is 1. The fraction of sp³-hybridized carbons (Fsp3) is 0.154. The fourth-order valence-corrected chi connectivity index (χ4v) is 3.11. The molecule has 0 fully saturated rings. The van der Waals surface area contributed by atoms with Crippen molar-refractivity contribution in [1.29, 1.82) is 0 Å². The molecule has 21 heavy (non-hydrogen) atoms. The molecule has 8 heteroatoms. The normalized spacial score (nSPS) is 11.2. The number of aryl methyl sites for hydroxylation is 1. The van der Waals surface area contributed by atoms with Gasteiger partial charge in [0.2, 0.25) is 0 Å². The smallest absolute Gasteiger partial charge is 0.291 e. The van der Waals surface area contributed by atoms with Gasteiger partial charge in [-0.3, -0.25) is 14.6 Å². The third-order valence-electron chi connectivity index (χ3n) is 2.96. The SMILES string of the molecule is Cn1[nH]c2c(SCc3ccc(Cl)c(Cl)c3)ncnc2c1=O. The van der Waals surface area contributed by atoms with E-state index < -0.39 is 0 Å². The molecule has 5 nitrogen and oxygen atoms in total. The van der Waals surface area contributed by atoms with Crippen molar-refractivity contribution >= 4 is 46.0 Å². The lowest BCUT2D eigenvalue weighted by molar-refractivity contribution is 0.748. The summed E-state index contributed by atoms with van der Waals surface area (Å²) in [6.45, 7) is 0. The highest BCUT2D eigenvalue weighted by atomic mass is 35.5. The predicted molar refractivity (Wildman–Crippen MR) is 85.2 cm³/mol. The minimum Gasteiger partial charge on any atom is -0.291 e. The van der Waals surface area contributed by atoms with E-state index >= 15 is 0 Å². The summed E-state index contributed by atoms with van der Waals surface area (Å²) in [7, 11) is 1.65. The molecule has 2 aromatic heterocycles. The Labute approximate surface area is 134 Å². The molecule has 1 aromatic carbocycles. The Morgan fingerprint density at radius 1 is 1.29 bits per heavy atom. The second kappa shape index (κ2) is 5.71. The van der Waals surface area contributed by atoms with E-state index in [1.807, 2.05) is 12.1 Å². The summed E-state index contributed by atoms with van der Waals surface area (Å²) in [5, 5.41) is 4.74. The molecular formula is C13H10Cl2N4OS. The van der Waals surface area contributed by atoms with Crippen LogP contribution < -0.4 is 5.56 Å². The molecule has 3 rings (SSSR count). The maximum atomic E-state index is 11.8. The molecule has 0 spiro atoms. The zero-order valence-corrected chi connectivity index (χ0v) is 13.3. The first kappa shape index (κ1) is 14.4. The molecule has 0 atom stereocenters. The van der Waals surface area contributed by atoms with Crippen LogP contribution in [0.3, 0.4) is 0 Å². The summed E-state index contributed by atoms with van der Waals surface area (Å²) >= 11 is 13.4. The molecule has 2 heterocycles. The first-order chi connectivity index (χ1) is 10.1. The number of thioether (sulfide) groups is 1. The molecule has 1 N–H and O–H groups in total. The van der Waals surface area contributed by atoms with Crippen molar-refractivity contribution in [2.75, 3.05) is 0 Å².